The van der Waals surface area contributed by atoms with E-state index >= 15 is 0 Å². The van der Waals surface area contributed by atoms with Crippen molar-refractivity contribution in [3.05, 3.63) is 77.7 Å². The smallest absolute Gasteiger partial charge is 0.253 e. The van der Waals surface area contributed by atoms with Crippen LogP contribution in [0.2, 0.25) is 0 Å². The van der Waals surface area contributed by atoms with Gasteiger partial charge in [-0.05, 0) is 55.7 Å². The van der Waals surface area contributed by atoms with E-state index < -0.39 is 0 Å². The number of amides is 1. The number of hydrogen-bond donors (Lipinski definition) is 0. The summed E-state index contributed by atoms with van der Waals surface area (Å²) in [5.41, 5.74) is 4.76. The number of pyridine rings is 2. The summed E-state index contributed by atoms with van der Waals surface area (Å²) >= 11 is 0. The van der Waals surface area contributed by atoms with Crippen molar-refractivity contribution in [3.63, 3.8) is 0 Å². The molecule has 8 heteroatoms. The number of benzene rings is 1. The van der Waals surface area contributed by atoms with E-state index in [4.69, 9.17) is 9.72 Å². The predicted molar refractivity (Wildman–Crippen MR) is 153 cm³/mol. The Bertz CT molecular complexity index is 1640. The highest BCUT2D eigenvalue weighted by molar-refractivity contribution is 5.94. The number of nitrogens with zero attached hydrogens (tertiary/aromatic N) is 6. The number of carbonyl (C=O) groups excluding carboxylic acids is 1. The molecule has 1 aromatic carbocycles. The van der Waals surface area contributed by atoms with Crippen LogP contribution in [0.4, 0.5) is 5.82 Å². The van der Waals surface area contributed by atoms with E-state index in [1.165, 1.54) is 12.8 Å². The van der Waals surface area contributed by atoms with Crippen LogP contribution < -0.4 is 9.64 Å². The Kier molecular flexibility index (Phi) is 7.08. The lowest BCUT2D eigenvalue weighted by molar-refractivity contribution is 0.0746. The van der Waals surface area contributed by atoms with Gasteiger partial charge in [-0.2, -0.15) is 10.4 Å². The maximum atomic E-state index is 13.2. The van der Waals surface area contributed by atoms with E-state index in [0.29, 0.717) is 56.4 Å². The molecule has 2 fully saturated rings. The fourth-order valence-corrected chi connectivity index (χ4v) is 5.04. The molecule has 1 amide bonds. The lowest BCUT2D eigenvalue weighted by atomic mass is 10.1. The average Bonchev–Trinajstić information content (AvgIpc) is 3.73. The number of anilines is 1. The molecule has 8 nitrogen and oxygen atoms in total. The Hall–Kier alpha value is -4.82. The molecule has 1 aliphatic carbocycles. The van der Waals surface area contributed by atoms with Gasteiger partial charge >= 0.3 is 0 Å². The molecule has 2 aliphatic rings. The van der Waals surface area contributed by atoms with Crippen LogP contribution in [0.25, 0.3) is 16.6 Å². The molecule has 0 spiro atoms. The van der Waals surface area contributed by atoms with Crippen molar-refractivity contribution in [2.45, 2.75) is 26.2 Å². The lowest BCUT2D eigenvalue weighted by Gasteiger charge is -2.35. The van der Waals surface area contributed by atoms with E-state index in [1.54, 1.807) is 16.9 Å². The Morgan fingerprint density at radius 2 is 1.95 bits per heavy atom. The minimum atomic E-state index is 0.0623. The lowest BCUT2D eigenvalue weighted by Crippen LogP contribution is -2.49. The first-order valence-electron chi connectivity index (χ1n) is 13.7. The van der Waals surface area contributed by atoms with E-state index in [-0.39, 0.29) is 5.91 Å². The van der Waals surface area contributed by atoms with Crippen LogP contribution in [0.3, 0.4) is 0 Å². The van der Waals surface area contributed by atoms with Gasteiger partial charge in [0.1, 0.15) is 17.6 Å². The van der Waals surface area contributed by atoms with Crippen LogP contribution in [0.5, 0.6) is 5.75 Å². The first-order valence-corrected chi connectivity index (χ1v) is 13.7. The highest BCUT2D eigenvalue weighted by Gasteiger charge is 2.23. The molecular formula is C32H30N6O2. The highest BCUT2D eigenvalue weighted by Crippen LogP contribution is 2.31. The Balaban J connectivity index is 1.13. The molecule has 6 rings (SSSR count). The van der Waals surface area contributed by atoms with Gasteiger partial charge in [0.25, 0.3) is 5.91 Å². The fourth-order valence-electron chi connectivity index (χ4n) is 5.04. The van der Waals surface area contributed by atoms with E-state index in [2.05, 4.69) is 27.9 Å². The number of aromatic nitrogens is 3. The number of piperazine rings is 1. The van der Waals surface area contributed by atoms with Gasteiger partial charge in [-0.25, -0.2) is 9.50 Å². The van der Waals surface area contributed by atoms with Crippen molar-refractivity contribution in [1.82, 2.24) is 19.5 Å². The zero-order valence-corrected chi connectivity index (χ0v) is 22.5. The third kappa shape index (κ3) is 5.34. The zero-order chi connectivity index (χ0) is 27.5. The van der Waals surface area contributed by atoms with Crippen molar-refractivity contribution in [1.29, 1.82) is 5.26 Å². The average molecular weight is 531 g/mol. The van der Waals surface area contributed by atoms with Crippen LogP contribution in [0.15, 0.2) is 61.1 Å². The quantitative estimate of drug-likeness (QED) is 0.339. The summed E-state index contributed by atoms with van der Waals surface area (Å²) in [6, 6.07) is 16.0. The van der Waals surface area contributed by atoms with Crippen LogP contribution >= 0.6 is 0 Å². The van der Waals surface area contributed by atoms with Gasteiger partial charge in [-0.3, -0.25) is 4.79 Å². The monoisotopic (exact) mass is 530 g/mol. The maximum Gasteiger partial charge on any atom is 0.253 e. The first-order chi connectivity index (χ1) is 19.6. The van der Waals surface area contributed by atoms with Gasteiger partial charge in [0.15, 0.2) is 0 Å². The predicted octanol–water partition coefficient (Wildman–Crippen LogP) is 4.58. The van der Waals surface area contributed by atoms with Gasteiger partial charge in [-0.1, -0.05) is 24.0 Å². The SMILES string of the molecule is CCOc1cc(-c2ccc(N3CCN(C(=O)c4cccc(CC#CC5CC5)c4)CC3)nc2)c2c(C#N)cnn2c1. The molecule has 0 bridgehead atoms. The second kappa shape index (κ2) is 11.1. The minimum Gasteiger partial charge on any atom is -0.492 e. The molecule has 1 saturated carbocycles. The Morgan fingerprint density at radius 1 is 1.10 bits per heavy atom. The van der Waals surface area contributed by atoms with Crippen LogP contribution in [-0.4, -0.2) is 58.2 Å². The highest BCUT2D eigenvalue weighted by atomic mass is 16.5. The van der Waals surface area contributed by atoms with Crippen molar-refractivity contribution in [2.24, 2.45) is 5.92 Å². The number of ether oxygens (including phenoxy) is 1. The molecule has 0 N–H and O–H groups in total. The molecule has 0 unspecified atom stereocenters. The number of hydrogen-bond acceptors (Lipinski definition) is 6. The molecule has 1 aliphatic heterocycles. The van der Waals surface area contributed by atoms with Gasteiger partial charge in [0.2, 0.25) is 0 Å². The first kappa shape index (κ1) is 25.5. The minimum absolute atomic E-state index is 0.0623. The molecule has 3 aromatic heterocycles. The third-order valence-electron chi connectivity index (χ3n) is 7.32. The normalized spacial score (nSPS) is 14.9. The summed E-state index contributed by atoms with van der Waals surface area (Å²) in [6.07, 6.45) is 8.30. The molecule has 200 valence electrons. The summed E-state index contributed by atoms with van der Waals surface area (Å²) in [7, 11) is 0. The van der Waals surface area contributed by atoms with Crippen LogP contribution in [0.1, 0.15) is 41.3 Å². The molecule has 0 atom stereocenters. The van der Waals surface area contributed by atoms with Gasteiger partial charge in [0.05, 0.1) is 30.1 Å². The maximum absolute atomic E-state index is 13.2. The van der Waals surface area contributed by atoms with Crippen molar-refractivity contribution in [2.75, 3.05) is 37.7 Å². The molecule has 0 radical (unpaired) electrons. The Labute approximate surface area is 233 Å². The zero-order valence-electron chi connectivity index (χ0n) is 22.5. The van der Waals surface area contributed by atoms with Crippen molar-refractivity contribution in [3.8, 4) is 34.8 Å². The molecule has 1 saturated heterocycles. The van der Waals surface area contributed by atoms with E-state index in [1.807, 2.05) is 60.5 Å². The van der Waals surface area contributed by atoms with Gasteiger partial charge in [0, 0.05) is 61.4 Å². The van der Waals surface area contributed by atoms with Crippen molar-refractivity contribution < 1.29 is 9.53 Å². The number of carbonyl (C=O) groups is 1. The molecule has 40 heavy (non-hydrogen) atoms. The van der Waals surface area contributed by atoms with Crippen LogP contribution in [0, 0.1) is 29.1 Å². The summed E-state index contributed by atoms with van der Waals surface area (Å²) in [4.78, 5) is 22.1. The molecule has 4 heterocycles. The summed E-state index contributed by atoms with van der Waals surface area (Å²) < 4.78 is 7.40. The van der Waals surface area contributed by atoms with E-state index in [0.717, 1.165) is 33.6 Å². The summed E-state index contributed by atoms with van der Waals surface area (Å²) in [6.45, 7) is 5.13. The third-order valence-corrected chi connectivity index (χ3v) is 7.32. The summed E-state index contributed by atoms with van der Waals surface area (Å²) in [5, 5.41) is 13.9. The topological polar surface area (TPSA) is 86.8 Å². The van der Waals surface area contributed by atoms with E-state index in [9.17, 15) is 10.1 Å². The molecule has 4 aromatic rings. The fraction of sp³-hybridized carbons (Fsp3) is 0.312. The molecular weight excluding hydrogens is 500 g/mol. The Morgan fingerprint density at radius 3 is 2.67 bits per heavy atom. The second-order valence-electron chi connectivity index (χ2n) is 10.1. The van der Waals surface area contributed by atoms with Gasteiger partial charge < -0.3 is 14.5 Å². The summed E-state index contributed by atoms with van der Waals surface area (Å²) in [5.74, 6) is 8.73. The number of fused-ring (bicyclic) bond motifs is 1. The second-order valence-corrected chi connectivity index (χ2v) is 10.1. The number of nitriles is 1. The van der Waals surface area contributed by atoms with Gasteiger partial charge in [-0.15, -0.1) is 0 Å². The van der Waals surface area contributed by atoms with Crippen molar-refractivity contribution >= 4 is 17.2 Å². The standard InChI is InChI=1S/C32H30N6O2/c1-2-40-28-18-29(31-27(19-33)21-35-38(31)22-28)26-11-12-30(34-20-26)36-13-15-37(16-14-36)32(39)25-8-4-7-24(17-25)6-3-5-23-9-10-23/h4,7-8,11-12,17-18,20-23H,2,6,9-10,13-16H2,1H3. The van der Waals surface area contributed by atoms with Crippen LogP contribution in [-0.2, 0) is 6.42 Å². The largest absolute Gasteiger partial charge is 0.492 e. The number of rotatable bonds is 6.